The maximum atomic E-state index is 11.0. The fourth-order valence-electron chi connectivity index (χ4n) is 1.71. The third-order valence-corrected chi connectivity index (χ3v) is 2.75. The first-order valence-electron chi connectivity index (χ1n) is 5.74. The number of nitrogens with zero attached hydrogens (tertiary/aromatic N) is 1. The van der Waals surface area contributed by atoms with Gasteiger partial charge >= 0.3 is 5.97 Å². The average Bonchev–Trinajstić information content (AvgIpc) is 2.41. The molecule has 0 unspecified atom stereocenters. The molecule has 2 aromatic carbocycles. The highest BCUT2D eigenvalue weighted by atomic mass is 16.6. The van der Waals surface area contributed by atoms with Crippen LogP contribution in [0.5, 0.6) is 11.5 Å². The molecule has 0 aliphatic rings. The van der Waals surface area contributed by atoms with Gasteiger partial charge in [0.2, 0.25) is 0 Å². The molecule has 0 fully saturated rings. The SMILES string of the molecule is Cc1c(Oc2ccccc2)cc(C(=O)O)cc1[N+](=O)[O-]. The topological polar surface area (TPSA) is 89.7 Å². The van der Waals surface area contributed by atoms with Crippen LogP contribution in [-0.2, 0) is 0 Å². The van der Waals surface area contributed by atoms with Crippen molar-refractivity contribution in [1.82, 2.24) is 0 Å². The van der Waals surface area contributed by atoms with Crippen molar-refractivity contribution in [2.24, 2.45) is 0 Å². The van der Waals surface area contributed by atoms with E-state index in [9.17, 15) is 14.9 Å². The van der Waals surface area contributed by atoms with Crippen molar-refractivity contribution >= 4 is 11.7 Å². The van der Waals surface area contributed by atoms with Crippen molar-refractivity contribution in [3.05, 3.63) is 63.7 Å². The van der Waals surface area contributed by atoms with Crippen LogP contribution in [0.4, 0.5) is 5.69 Å². The second-order valence-corrected chi connectivity index (χ2v) is 4.10. The third-order valence-electron chi connectivity index (χ3n) is 2.75. The number of carboxylic acids is 1. The van der Waals surface area contributed by atoms with Gasteiger partial charge in [-0.15, -0.1) is 0 Å². The van der Waals surface area contributed by atoms with Crippen LogP contribution in [0.15, 0.2) is 42.5 Å². The Kier molecular flexibility index (Phi) is 3.65. The average molecular weight is 273 g/mol. The number of hydrogen-bond acceptors (Lipinski definition) is 4. The fraction of sp³-hybridized carbons (Fsp3) is 0.0714. The zero-order chi connectivity index (χ0) is 14.7. The van der Waals surface area contributed by atoms with E-state index in [0.29, 0.717) is 5.75 Å². The first-order valence-corrected chi connectivity index (χ1v) is 5.74. The zero-order valence-corrected chi connectivity index (χ0v) is 10.6. The Labute approximate surface area is 114 Å². The van der Waals surface area contributed by atoms with Crippen LogP contribution in [0.2, 0.25) is 0 Å². The molecule has 0 radical (unpaired) electrons. The van der Waals surface area contributed by atoms with Gasteiger partial charge in [0.05, 0.1) is 16.1 Å². The maximum absolute atomic E-state index is 11.0. The van der Waals surface area contributed by atoms with Gasteiger partial charge in [0, 0.05) is 6.07 Å². The summed E-state index contributed by atoms with van der Waals surface area (Å²) in [4.78, 5) is 21.3. The summed E-state index contributed by atoms with van der Waals surface area (Å²) in [5.41, 5.74) is -0.187. The number of nitro groups is 1. The minimum atomic E-state index is -1.24. The highest BCUT2D eigenvalue weighted by Gasteiger charge is 2.20. The summed E-state index contributed by atoms with van der Waals surface area (Å²) in [6.45, 7) is 1.52. The van der Waals surface area contributed by atoms with Crippen LogP contribution in [0.1, 0.15) is 15.9 Å². The van der Waals surface area contributed by atoms with Gasteiger partial charge in [-0.05, 0) is 25.1 Å². The largest absolute Gasteiger partial charge is 0.478 e. The van der Waals surface area contributed by atoms with Gasteiger partial charge in [-0.1, -0.05) is 18.2 Å². The molecule has 2 aromatic rings. The van der Waals surface area contributed by atoms with E-state index in [1.807, 2.05) is 0 Å². The number of benzene rings is 2. The molecule has 0 spiro atoms. The van der Waals surface area contributed by atoms with Crippen LogP contribution in [0.3, 0.4) is 0 Å². The molecule has 6 heteroatoms. The molecule has 2 rings (SSSR count). The second kappa shape index (κ2) is 5.40. The minimum Gasteiger partial charge on any atom is -0.478 e. The molecule has 102 valence electrons. The predicted octanol–water partition coefficient (Wildman–Crippen LogP) is 3.39. The normalized spacial score (nSPS) is 10.1. The summed E-state index contributed by atoms with van der Waals surface area (Å²) >= 11 is 0. The first-order chi connectivity index (χ1) is 9.49. The molecule has 0 bridgehead atoms. The van der Waals surface area contributed by atoms with E-state index < -0.39 is 10.9 Å². The van der Waals surface area contributed by atoms with Crippen LogP contribution in [0.25, 0.3) is 0 Å². The minimum absolute atomic E-state index is 0.155. The highest BCUT2D eigenvalue weighted by Crippen LogP contribution is 2.32. The third kappa shape index (κ3) is 2.74. The molecular formula is C14H11NO5. The summed E-state index contributed by atoms with van der Waals surface area (Å²) < 4.78 is 5.52. The summed E-state index contributed by atoms with van der Waals surface area (Å²) in [7, 11) is 0. The molecule has 0 saturated carbocycles. The number of carbonyl (C=O) groups is 1. The van der Waals surface area contributed by atoms with Crippen molar-refractivity contribution < 1.29 is 19.6 Å². The van der Waals surface area contributed by atoms with E-state index in [2.05, 4.69) is 0 Å². The van der Waals surface area contributed by atoms with Gasteiger partial charge in [-0.3, -0.25) is 10.1 Å². The molecular weight excluding hydrogens is 262 g/mol. The van der Waals surface area contributed by atoms with E-state index >= 15 is 0 Å². The lowest BCUT2D eigenvalue weighted by Gasteiger charge is -2.10. The molecule has 0 heterocycles. The highest BCUT2D eigenvalue weighted by molar-refractivity contribution is 5.89. The van der Waals surface area contributed by atoms with Crippen LogP contribution >= 0.6 is 0 Å². The van der Waals surface area contributed by atoms with E-state index in [4.69, 9.17) is 9.84 Å². The summed E-state index contributed by atoms with van der Waals surface area (Å²) in [6, 6.07) is 11.0. The Balaban J connectivity index is 2.51. The lowest BCUT2D eigenvalue weighted by atomic mass is 10.1. The van der Waals surface area contributed by atoms with Gasteiger partial charge in [0.1, 0.15) is 11.5 Å². The van der Waals surface area contributed by atoms with E-state index in [0.717, 1.165) is 6.07 Å². The van der Waals surface area contributed by atoms with Gasteiger partial charge in [-0.2, -0.15) is 0 Å². The van der Waals surface area contributed by atoms with Crippen molar-refractivity contribution in [2.45, 2.75) is 6.92 Å². The number of hydrogen-bond donors (Lipinski definition) is 1. The van der Waals surface area contributed by atoms with Crippen molar-refractivity contribution in [3.63, 3.8) is 0 Å². The van der Waals surface area contributed by atoms with Crippen molar-refractivity contribution in [3.8, 4) is 11.5 Å². The number of para-hydroxylation sites is 1. The zero-order valence-electron chi connectivity index (χ0n) is 10.6. The second-order valence-electron chi connectivity index (χ2n) is 4.10. The number of aromatic carboxylic acids is 1. The van der Waals surface area contributed by atoms with E-state index in [1.54, 1.807) is 30.3 Å². The lowest BCUT2D eigenvalue weighted by Crippen LogP contribution is -2.02. The van der Waals surface area contributed by atoms with Gasteiger partial charge < -0.3 is 9.84 Å². The molecule has 0 amide bonds. The number of carboxylic acid groups (broad SMARTS) is 1. The van der Waals surface area contributed by atoms with Crippen molar-refractivity contribution in [2.75, 3.05) is 0 Å². The van der Waals surface area contributed by atoms with Crippen LogP contribution in [-0.4, -0.2) is 16.0 Å². The van der Waals surface area contributed by atoms with Crippen LogP contribution < -0.4 is 4.74 Å². The predicted molar refractivity (Wildman–Crippen MR) is 71.3 cm³/mol. The van der Waals surface area contributed by atoms with Crippen molar-refractivity contribution in [1.29, 1.82) is 0 Å². The van der Waals surface area contributed by atoms with Gasteiger partial charge in [-0.25, -0.2) is 4.79 Å². The Morgan fingerprint density at radius 3 is 2.45 bits per heavy atom. The van der Waals surface area contributed by atoms with Crippen LogP contribution in [0, 0.1) is 17.0 Å². The monoisotopic (exact) mass is 273 g/mol. The first kappa shape index (κ1) is 13.5. The van der Waals surface area contributed by atoms with Gasteiger partial charge in [0.25, 0.3) is 5.69 Å². The molecule has 0 aromatic heterocycles. The molecule has 0 aliphatic heterocycles. The molecule has 0 atom stereocenters. The molecule has 6 nitrogen and oxygen atoms in total. The Morgan fingerprint density at radius 2 is 1.90 bits per heavy atom. The Morgan fingerprint density at radius 1 is 1.25 bits per heavy atom. The quantitative estimate of drug-likeness (QED) is 0.681. The summed E-state index contributed by atoms with van der Waals surface area (Å²) in [5, 5.41) is 20.0. The fourth-order valence-corrected chi connectivity index (χ4v) is 1.71. The smallest absolute Gasteiger partial charge is 0.336 e. The Bertz CT molecular complexity index is 667. The number of nitro benzene ring substituents is 1. The Hall–Kier alpha value is -2.89. The lowest BCUT2D eigenvalue weighted by molar-refractivity contribution is -0.385. The number of ether oxygens (including phenoxy) is 1. The molecule has 0 aliphatic carbocycles. The molecule has 1 N–H and O–H groups in total. The summed E-state index contributed by atoms with van der Waals surface area (Å²) in [5.74, 6) is -0.610. The van der Waals surface area contributed by atoms with E-state index in [-0.39, 0.29) is 22.6 Å². The summed E-state index contributed by atoms with van der Waals surface area (Å²) in [6.07, 6.45) is 0. The standard InChI is InChI=1S/C14H11NO5/c1-9-12(15(18)19)7-10(14(16)17)8-13(9)20-11-5-3-2-4-6-11/h2-8H,1H3,(H,16,17). The van der Waals surface area contributed by atoms with Gasteiger partial charge in [0.15, 0.2) is 0 Å². The molecule has 20 heavy (non-hydrogen) atoms. The van der Waals surface area contributed by atoms with E-state index in [1.165, 1.54) is 13.0 Å². The number of rotatable bonds is 4. The maximum Gasteiger partial charge on any atom is 0.336 e. The molecule has 0 saturated heterocycles.